The minimum absolute atomic E-state index is 0.231. The summed E-state index contributed by atoms with van der Waals surface area (Å²) in [5, 5.41) is 16.4. The van der Waals surface area contributed by atoms with Crippen molar-refractivity contribution in [2.75, 3.05) is 6.61 Å². The predicted octanol–water partition coefficient (Wildman–Crippen LogP) is 2.88. The van der Waals surface area contributed by atoms with Crippen molar-refractivity contribution in [2.45, 2.75) is 50.6 Å². The van der Waals surface area contributed by atoms with Crippen molar-refractivity contribution in [3.05, 3.63) is 70.5 Å². The molecule has 0 bridgehead atoms. The fraction of sp³-hybridized carbons (Fsp3) is 0.375. The third-order valence-corrected chi connectivity index (χ3v) is 7.23. The van der Waals surface area contributed by atoms with Crippen LogP contribution in [0.25, 0.3) is 15.9 Å². The van der Waals surface area contributed by atoms with Gasteiger partial charge in [0.25, 0.3) is 0 Å². The minimum atomic E-state index is -1.13. The van der Waals surface area contributed by atoms with E-state index < -0.39 is 42.6 Å². The van der Waals surface area contributed by atoms with Gasteiger partial charge < -0.3 is 25.1 Å². The van der Waals surface area contributed by atoms with Gasteiger partial charge in [0.1, 0.15) is 35.8 Å². The van der Waals surface area contributed by atoms with E-state index in [-0.39, 0.29) is 6.61 Å². The molecular weight excluding hydrogens is 473 g/mol. The Morgan fingerprint density at radius 1 is 1.14 bits per heavy atom. The van der Waals surface area contributed by atoms with Gasteiger partial charge in [-0.25, -0.2) is 19.0 Å². The molecule has 4 aromatic rings. The van der Waals surface area contributed by atoms with Crippen LogP contribution >= 0.6 is 11.3 Å². The molecule has 4 heterocycles. The summed E-state index contributed by atoms with van der Waals surface area (Å²) in [5.74, 6) is 0.325. The zero-order valence-electron chi connectivity index (χ0n) is 19.0. The van der Waals surface area contributed by atoms with E-state index in [1.165, 1.54) is 22.1 Å². The van der Waals surface area contributed by atoms with E-state index in [2.05, 4.69) is 15.1 Å². The second-order valence-electron chi connectivity index (χ2n) is 8.78. The monoisotopic (exact) mass is 497 g/mol. The maximum Gasteiger partial charge on any atom is 0.184 e. The lowest BCUT2D eigenvalue weighted by atomic mass is 9.92. The number of benzene rings is 2. The van der Waals surface area contributed by atoms with Gasteiger partial charge >= 0.3 is 0 Å². The highest BCUT2D eigenvalue weighted by Crippen LogP contribution is 2.38. The van der Waals surface area contributed by atoms with Crippen molar-refractivity contribution < 1.29 is 23.7 Å². The number of nitrogens with zero attached hydrogens (tertiary/aromatic N) is 4. The van der Waals surface area contributed by atoms with Crippen molar-refractivity contribution in [3.63, 3.8) is 0 Å². The van der Waals surface area contributed by atoms with Gasteiger partial charge in [0.05, 0.1) is 28.0 Å². The van der Waals surface area contributed by atoms with Crippen molar-refractivity contribution in [3.8, 4) is 5.69 Å². The zero-order chi connectivity index (χ0) is 24.3. The lowest BCUT2D eigenvalue weighted by Crippen LogP contribution is -2.62. The first-order valence-corrected chi connectivity index (χ1v) is 12.1. The molecule has 2 aromatic heterocycles. The first-order chi connectivity index (χ1) is 16.9. The normalized spacial score (nSPS) is 28.8. The maximum atomic E-state index is 14.8. The Kier molecular flexibility index (Phi) is 5.63. The number of hydrogen-bond donors (Lipinski definition) is 2. The molecule has 6 atom stereocenters. The minimum Gasteiger partial charge on any atom is -0.388 e. The van der Waals surface area contributed by atoms with Crippen LogP contribution in [0.15, 0.2) is 42.5 Å². The Morgan fingerprint density at radius 2 is 1.94 bits per heavy atom. The number of hydrogen-bond acceptors (Lipinski definition) is 9. The Balaban J connectivity index is 1.31. The van der Waals surface area contributed by atoms with Crippen molar-refractivity contribution in [2.24, 2.45) is 5.73 Å². The molecule has 0 amide bonds. The molecule has 2 saturated heterocycles. The number of aliphatic hydroxyl groups excluding tert-OH is 1. The maximum absolute atomic E-state index is 14.8. The molecule has 35 heavy (non-hydrogen) atoms. The highest BCUT2D eigenvalue weighted by atomic mass is 32.1. The lowest BCUT2D eigenvalue weighted by molar-refractivity contribution is -0.309. The number of aromatic nitrogens is 4. The van der Waals surface area contributed by atoms with Crippen LogP contribution in [0.5, 0.6) is 0 Å². The summed E-state index contributed by atoms with van der Waals surface area (Å²) in [6, 6.07) is 11.9. The summed E-state index contributed by atoms with van der Waals surface area (Å²) >= 11 is 1.39. The van der Waals surface area contributed by atoms with E-state index in [9.17, 15) is 9.50 Å². The van der Waals surface area contributed by atoms with E-state index >= 15 is 0 Å². The Morgan fingerprint density at radius 3 is 2.74 bits per heavy atom. The average molecular weight is 498 g/mol. The first-order valence-electron chi connectivity index (χ1n) is 11.3. The van der Waals surface area contributed by atoms with Gasteiger partial charge in [-0.3, -0.25) is 0 Å². The quantitative estimate of drug-likeness (QED) is 0.444. The third-order valence-electron chi connectivity index (χ3n) is 6.31. The van der Waals surface area contributed by atoms with Gasteiger partial charge in [-0.05, 0) is 19.9 Å². The van der Waals surface area contributed by atoms with Crippen molar-refractivity contribution in [1.82, 2.24) is 19.7 Å². The molecule has 2 aliphatic heterocycles. The van der Waals surface area contributed by atoms with E-state index in [0.717, 1.165) is 10.6 Å². The van der Waals surface area contributed by atoms with Crippen LogP contribution in [-0.2, 0) is 14.2 Å². The van der Waals surface area contributed by atoms with Crippen LogP contribution in [0.1, 0.15) is 34.6 Å². The van der Waals surface area contributed by atoms with Gasteiger partial charge in [-0.15, -0.1) is 11.3 Å². The lowest BCUT2D eigenvalue weighted by Gasteiger charge is -2.46. The molecule has 2 aromatic carbocycles. The molecule has 3 unspecified atom stereocenters. The van der Waals surface area contributed by atoms with Crippen LogP contribution in [0.4, 0.5) is 4.39 Å². The number of aryl methyl sites for hydroxylation is 2. The third kappa shape index (κ3) is 3.94. The second-order valence-corrected chi connectivity index (χ2v) is 10.0. The number of ether oxygens (including phenoxy) is 3. The average Bonchev–Trinajstić information content (AvgIpc) is 3.43. The zero-order valence-corrected chi connectivity index (χ0v) is 19.9. The molecule has 0 aliphatic carbocycles. The number of aliphatic hydroxyl groups is 1. The molecule has 9 nitrogen and oxygen atoms in total. The Bertz CT molecular complexity index is 1380. The van der Waals surface area contributed by atoms with Gasteiger partial charge in [-0.1, -0.05) is 30.3 Å². The van der Waals surface area contributed by atoms with Crippen molar-refractivity contribution >= 4 is 21.6 Å². The van der Waals surface area contributed by atoms with E-state index in [4.69, 9.17) is 19.9 Å². The summed E-state index contributed by atoms with van der Waals surface area (Å²) in [5.41, 5.74) is 8.10. The summed E-state index contributed by atoms with van der Waals surface area (Å²) < 4.78 is 35.2. The standard InChI is InChI=1S/C24H24FN5O4S/c1-11-27-23(30(29-11)14-8-15(25)19-17(9-14)35-12(2)28-19)22-20(31)18(26)21-16(33-22)10-32-24(34-21)13-6-4-3-5-7-13/h3-9,16,18,20-22,24,31H,10,26H2,1-2H3/t16?,18-,20?,21+,22-,24?/m1/s1. The van der Waals surface area contributed by atoms with Crippen LogP contribution in [0.2, 0.25) is 0 Å². The topological polar surface area (TPSA) is 118 Å². The molecule has 0 spiro atoms. The number of halogens is 1. The summed E-state index contributed by atoms with van der Waals surface area (Å²) in [4.78, 5) is 8.75. The number of rotatable bonds is 3. The van der Waals surface area contributed by atoms with Gasteiger partial charge in [0.15, 0.2) is 17.9 Å². The molecule has 0 saturated carbocycles. The van der Waals surface area contributed by atoms with Gasteiger partial charge in [0, 0.05) is 11.6 Å². The fourth-order valence-corrected chi connectivity index (χ4v) is 5.55. The smallest absolute Gasteiger partial charge is 0.184 e. The Labute approximate surface area is 204 Å². The highest BCUT2D eigenvalue weighted by molar-refractivity contribution is 7.18. The van der Waals surface area contributed by atoms with Crippen molar-refractivity contribution in [1.29, 1.82) is 0 Å². The van der Waals surface area contributed by atoms with E-state index in [1.54, 1.807) is 13.0 Å². The molecular formula is C24H24FN5O4S. The summed E-state index contributed by atoms with van der Waals surface area (Å²) in [6.07, 6.45) is -3.74. The van der Waals surface area contributed by atoms with Crippen LogP contribution in [-0.4, -0.2) is 55.8 Å². The first kappa shape index (κ1) is 22.7. The molecule has 2 aliphatic rings. The fourth-order valence-electron chi connectivity index (χ4n) is 4.68. The molecule has 11 heteroatoms. The number of thiazole rings is 1. The second kappa shape index (κ2) is 8.70. The predicted molar refractivity (Wildman–Crippen MR) is 126 cm³/mol. The number of nitrogens with two attached hydrogens (primary N) is 1. The van der Waals surface area contributed by atoms with Crippen LogP contribution < -0.4 is 5.73 Å². The molecule has 182 valence electrons. The molecule has 3 N–H and O–H groups in total. The number of fused-ring (bicyclic) bond motifs is 2. The van der Waals surface area contributed by atoms with Crippen LogP contribution in [0.3, 0.4) is 0 Å². The summed E-state index contributed by atoms with van der Waals surface area (Å²) in [6.45, 7) is 3.78. The van der Waals surface area contributed by atoms with Gasteiger partial charge in [0.2, 0.25) is 0 Å². The SMILES string of the molecule is Cc1nc([C@@H]2OC3COC(c4ccccc4)O[C@@H]3[C@H](N)C2O)n(-c2cc(F)c3nc(C)sc3c2)n1. The van der Waals surface area contributed by atoms with Gasteiger partial charge in [-0.2, -0.15) is 5.10 Å². The Hall–Kier alpha value is -2.80. The van der Waals surface area contributed by atoms with Crippen LogP contribution in [0, 0.1) is 19.7 Å². The highest BCUT2D eigenvalue weighted by Gasteiger charge is 2.49. The van der Waals surface area contributed by atoms with E-state index in [0.29, 0.717) is 27.6 Å². The largest absolute Gasteiger partial charge is 0.388 e. The molecule has 6 rings (SSSR count). The molecule has 2 fully saturated rings. The summed E-state index contributed by atoms with van der Waals surface area (Å²) in [7, 11) is 0. The molecule has 0 radical (unpaired) electrons. The van der Waals surface area contributed by atoms with E-state index in [1.807, 2.05) is 37.3 Å².